The van der Waals surface area contributed by atoms with E-state index >= 15 is 4.39 Å². The number of halogens is 1. The summed E-state index contributed by atoms with van der Waals surface area (Å²) in [5.41, 5.74) is 1.36. The first-order chi connectivity index (χ1) is 17.8. The van der Waals surface area contributed by atoms with Crippen LogP contribution in [0.25, 0.3) is 22.5 Å². The molecule has 2 N–H and O–H groups in total. The number of benzene rings is 1. The first-order valence-corrected chi connectivity index (χ1v) is 12.9. The molecule has 1 saturated carbocycles. The van der Waals surface area contributed by atoms with E-state index in [1.54, 1.807) is 30.6 Å². The molecule has 1 aliphatic carbocycles. The van der Waals surface area contributed by atoms with Crippen LogP contribution in [0.4, 0.5) is 10.2 Å². The number of hydrogen-bond donors (Lipinski definition) is 2. The molecule has 2 saturated heterocycles. The van der Waals surface area contributed by atoms with Gasteiger partial charge in [-0.3, -0.25) is 0 Å². The number of methoxy groups -OCH3 is 1. The van der Waals surface area contributed by atoms with Crippen LogP contribution in [0.15, 0.2) is 36.7 Å². The molecule has 4 heterocycles. The highest BCUT2D eigenvalue weighted by Crippen LogP contribution is 2.46. The third-order valence-corrected chi connectivity index (χ3v) is 8.14. The monoisotopic (exact) mass is 505 g/mol. The van der Waals surface area contributed by atoms with Crippen LogP contribution in [0.5, 0.6) is 11.6 Å². The van der Waals surface area contributed by atoms with Crippen molar-refractivity contribution in [1.82, 2.24) is 30.7 Å². The predicted octanol–water partition coefficient (Wildman–Crippen LogP) is 4.08. The highest BCUT2D eigenvalue weighted by Gasteiger charge is 2.55. The predicted molar refractivity (Wildman–Crippen MR) is 137 cm³/mol. The molecule has 0 spiro atoms. The van der Waals surface area contributed by atoms with Crippen molar-refractivity contribution in [3.8, 4) is 34.1 Å². The largest absolute Gasteiger partial charge is 0.507 e. The minimum absolute atomic E-state index is 0.0257. The number of phenols is 1. The van der Waals surface area contributed by atoms with Gasteiger partial charge in [0.1, 0.15) is 11.9 Å². The van der Waals surface area contributed by atoms with Crippen LogP contribution in [0.3, 0.4) is 0 Å². The van der Waals surface area contributed by atoms with Crippen LogP contribution >= 0.6 is 0 Å². The smallest absolute Gasteiger partial charge is 0.233 e. The molecule has 4 atom stereocenters. The average molecular weight is 506 g/mol. The molecule has 0 radical (unpaired) electrons. The molecule has 0 amide bonds. The molecule has 2 aliphatic heterocycles. The van der Waals surface area contributed by atoms with Gasteiger partial charge in [0.05, 0.1) is 31.1 Å². The molecule has 2 bridgehead atoms. The maximum atomic E-state index is 16.0. The second-order valence-corrected chi connectivity index (χ2v) is 11.1. The number of nitrogens with one attached hydrogen (secondary N) is 1. The third-order valence-electron chi connectivity index (χ3n) is 8.14. The van der Waals surface area contributed by atoms with Gasteiger partial charge in [0, 0.05) is 28.7 Å². The number of hydrogen-bond acceptors (Lipinski definition) is 9. The average Bonchev–Trinajstić information content (AvgIpc) is 3.73. The minimum atomic E-state index is -1.01. The number of rotatable bonds is 6. The maximum absolute atomic E-state index is 16.0. The van der Waals surface area contributed by atoms with Gasteiger partial charge in [0.25, 0.3) is 0 Å². The van der Waals surface area contributed by atoms with Crippen molar-refractivity contribution in [2.45, 2.75) is 81.7 Å². The van der Waals surface area contributed by atoms with E-state index in [2.05, 4.69) is 42.5 Å². The zero-order valence-electron chi connectivity index (χ0n) is 21.4. The minimum Gasteiger partial charge on any atom is -0.507 e. The Kier molecular flexibility index (Phi) is 5.74. The Labute approximate surface area is 215 Å². The summed E-state index contributed by atoms with van der Waals surface area (Å²) in [5.74, 6) is 1.32. The van der Waals surface area contributed by atoms with Crippen molar-refractivity contribution in [2.75, 3.05) is 12.0 Å². The Morgan fingerprint density at radius 3 is 2.62 bits per heavy atom. The van der Waals surface area contributed by atoms with E-state index < -0.39 is 11.7 Å². The zero-order valence-corrected chi connectivity index (χ0v) is 21.4. The molecule has 6 rings (SSSR count). The maximum Gasteiger partial charge on any atom is 0.233 e. The van der Waals surface area contributed by atoms with Crippen LogP contribution in [-0.4, -0.2) is 66.9 Å². The Bertz CT molecular complexity index is 1300. The van der Waals surface area contributed by atoms with E-state index in [4.69, 9.17) is 4.74 Å². The normalized spacial score (nSPS) is 29.1. The summed E-state index contributed by atoms with van der Waals surface area (Å²) in [4.78, 5) is 6.67. The molecule has 10 heteroatoms. The number of ether oxygens (including phenoxy) is 1. The lowest BCUT2D eigenvalue weighted by atomic mass is 9.68. The molecule has 1 aromatic carbocycles. The number of fused-ring (bicyclic) bond motifs is 2. The second kappa shape index (κ2) is 8.86. The highest BCUT2D eigenvalue weighted by molar-refractivity contribution is 5.72. The number of alkyl halides is 1. The van der Waals surface area contributed by atoms with Crippen LogP contribution in [0.1, 0.15) is 52.4 Å². The summed E-state index contributed by atoms with van der Waals surface area (Å²) in [6.45, 7) is 4.23. The number of phenolic OH excluding ortho intramolecular Hbond substituents is 1. The zero-order chi connectivity index (χ0) is 25.8. The van der Waals surface area contributed by atoms with Gasteiger partial charge in [-0.1, -0.05) is 6.07 Å². The van der Waals surface area contributed by atoms with E-state index in [9.17, 15) is 5.11 Å². The molecule has 0 unspecified atom stereocenters. The van der Waals surface area contributed by atoms with E-state index in [1.165, 1.54) is 7.11 Å². The number of piperidine rings is 2. The highest BCUT2D eigenvalue weighted by atomic mass is 19.1. The van der Waals surface area contributed by atoms with Gasteiger partial charge >= 0.3 is 0 Å². The Hall–Kier alpha value is -3.40. The van der Waals surface area contributed by atoms with Crippen molar-refractivity contribution >= 4 is 5.82 Å². The van der Waals surface area contributed by atoms with Gasteiger partial charge in [-0.15, -0.1) is 15.3 Å². The number of nitrogens with zero attached hydrogens (tertiary/aromatic N) is 6. The molecule has 3 fully saturated rings. The number of anilines is 1. The third kappa shape index (κ3) is 4.37. The molecular formula is C27H32FN7O2. The van der Waals surface area contributed by atoms with Crippen LogP contribution in [0.2, 0.25) is 0 Å². The van der Waals surface area contributed by atoms with Gasteiger partial charge in [-0.25, -0.2) is 9.37 Å². The van der Waals surface area contributed by atoms with E-state index in [0.717, 1.165) is 49.7 Å². The van der Waals surface area contributed by atoms with Gasteiger partial charge in [0.2, 0.25) is 5.88 Å². The SMILES string of the molecule is COc1cc(-c2ccc(-c3ncc(N(C4CC4)[C@@H]4C[C@@]5(C)CCC[C@](C)(N5)[C@@H]4F)nn3)c(O)c2)cnn1. The molecule has 2 aromatic heterocycles. The van der Waals surface area contributed by atoms with E-state index in [-0.39, 0.29) is 23.4 Å². The van der Waals surface area contributed by atoms with Crippen molar-refractivity contribution < 1.29 is 14.2 Å². The van der Waals surface area contributed by atoms with E-state index in [1.807, 2.05) is 13.0 Å². The molecule has 3 aromatic rings. The number of aromatic hydroxyl groups is 1. The Balaban J connectivity index is 1.27. The van der Waals surface area contributed by atoms with Crippen LogP contribution < -0.4 is 15.0 Å². The molecule has 9 nitrogen and oxygen atoms in total. The van der Waals surface area contributed by atoms with Crippen molar-refractivity contribution in [1.29, 1.82) is 0 Å². The molecule has 194 valence electrons. The topological polar surface area (TPSA) is 109 Å². The first kappa shape index (κ1) is 24.0. The van der Waals surface area contributed by atoms with Crippen LogP contribution in [-0.2, 0) is 0 Å². The fourth-order valence-corrected chi connectivity index (χ4v) is 6.25. The van der Waals surface area contributed by atoms with Crippen molar-refractivity contribution in [2.24, 2.45) is 0 Å². The van der Waals surface area contributed by atoms with E-state index in [0.29, 0.717) is 23.1 Å². The second-order valence-electron chi connectivity index (χ2n) is 11.1. The number of aromatic nitrogens is 5. The van der Waals surface area contributed by atoms with Gasteiger partial charge in [0.15, 0.2) is 11.6 Å². The van der Waals surface area contributed by atoms with Crippen LogP contribution in [0, 0.1) is 0 Å². The fourth-order valence-electron chi connectivity index (χ4n) is 6.25. The van der Waals surface area contributed by atoms with Crippen molar-refractivity contribution in [3.63, 3.8) is 0 Å². The van der Waals surface area contributed by atoms with Gasteiger partial charge < -0.3 is 20.1 Å². The summed E-state index contributed by atoms with van der Waals surface area (Å²) >= 11 is 0. The standard InChI is InChI=1S/C27H32FN7O2/c1-26-9-4-10-27(2,34-26)24(28)20(13-26)35(18-6-7-18)22-15-29-25(33-31-22)19-8-5-16(11-21(19)36)17-12-23(37-3)32-30-14-17/h5,8,11-12,14-15,18,20,24,34,36H,4,6-7,9-10,13H2,1-3H3/t20-,24-,26-,27+/m1/s1. The summed E-state index contributed by atoms with van der Waals surface area (Å²) in [6.07, 6.45) is 7.94. The summed E-state index contributed by atoms with van der Waals surface area (Å²) in [6, 6.07) is 6.96. The summed E-state index contributed by atoms with van der Waals surface area (Å²) < 4.78 is 21.1. The molecular weight excluding hydrogens is 473 g/mol. The Morgan fingerprint density at radius 1 is 1.08 bits per heavy atom. The van der Waals surface area contributed by atoms with Gasteiger partial charge in [-0.2, -0.15) is 5.10 Å². The first-order valence-electron chi connectivity index (χ1n) is 12.9. The molecule has 37 heavy (non-hydrogen) atoms. The fraction of sp³-hybridized carbons (Fsp3) is 0.519. The summed E-state index contributed by atoms with van der Waals surface area (Å²) in [5, 5.41) is 31.0. The molecule has 3 aliphatic rings. The lowest BCUT2D eigenvalue weighted by molar-refractivity contribution is 0.000258. The lowest BCUT2D eigenvalue weighted by Gasteiger charge is -2.57. The Morgan fingerprint density at radius 2 is 1.92 bits per heavy atom. The lowest BCUT2D eigenvalue weighted by Crippen LogP contribution is -2.73. The quantitative estimate of drug-likeness (QED) is 0.512. The van der Waals surface area contributed by atoms with Crippen molar-refractivity contribution in [3.05, 3.63) is 36.7 Å². The summed E-state index contributed by atoms with van der Waals surface area (Å²) in [7, 11) is 1.53. The van der Waals surface area contributed by atoms with Gasteiger partial charge in [-0.05, 0) is 70.1 Å².